The Morgan fingerprint density at radius 3 is 2.89 bits per heavy atom. The van der Waals surface area contributed by atoms with Crippen LogP contribution in [0.25, 0.3) is 21.8 Å². The molecule has 1 aliphatic rings. The Labute approximate surface area is 157 Å². The van der Waals surface area contributed by atoms with Gasteiger partial charge in [-0.3, -0.25) is 9.88 Å². The molecule has 0 atom stereocenters. The Morgan fingerprint density at radius 2 is 2.00 bits per heavy atom. The fourth-order valence-electron chi connectivity index (χ4n) is 3.96. The molecule has 0 bridgehead atoms. The number of hydrogen-bond acceptors (Lipinski definition) is 2. The van der Waals surface area contributed by atoms with Crippen molar-refractivity contribution in [1.29, 1.82) is 0 Å². The molecule has 3 heterocycles. The zero-order valence-corrected chi connectivity index (χ0v) is 15.4. The van der Waals surface area contributed by atoms with E-state index in [0.29, 0.717) is 6.54 Å². The Hall–Kier alpha value is -3.34. The molecule has 0 fully saturated rings. The number of anilines is 2. The van der Waals surface area contributed by atoms with E-state index in [1.54, 1.807) is 0 Å². The third kappa shape index (κ3) is 2.54. The van der Waals surface area contributed by atoms with Crippen molar-refractivity contribution >= 4 is 39.2 Å². The molecule has 2 aromatic heterocycles. The summed E-state index contributed by atoms with van der Waals surface area (Å²) in [6.45, 7) is 2.64. The lowest BCUT2D eigenvalue weighted by molar-refractivity contribution is 0.257. The number of nitrogens with one attached hydrogen (secondary N) is 1. The molecule has 0 saturated carbocycles. The Bertz CT molecular complexity index is 1210. The third-order valence-corrected chi connectivity index (χ3v) is 5.31. The summed E-state index contributed by atoms with van der Waals surface area (Å²) in [4.78, 5) is 19.4. The summed E-state index contributed by atoms with van der Waals surface area (Å²) in [6, 6.07) is 16.1. The molecule has 0 radical (unpaired) electrons. The summed E-state index contributed by atoms with van der Waals surface area (Å²) in [5, 5.41) is 5.21. The molecule has 5 nitrogen and oxygen atoms in total. The predicted molar refractivity (Wildman–Crippen MR) is 109 cm³/mol. The Morgan fingerprint density at radius 1 is 1.15 bits per heavy atom. The highest BCUT2D eigenvalue weighted by Gasteiger charge is 2.26. The minimum Gasteiger partial charge on any atom is -0.351 e. The number of carbonyl (C=O) groups is 1. The van der Waals surface area contributed by atoms with Crippen LogP contribution in [0, 0.1) is 6.92 Å². The first-order valence-corrected chi connectivity index (χ1v) is 9.13. The second-order valence-electron chi connectivity index (χ2n) is 7.13. The Kier molecular flexibility index (Phi) is 3.44. The van der Waals surface area contributed by atoms with Crippen LogP contribution in [0.4, 0.5) is 16.2 Å². The number of fused-ring (bicyclic) bond motifs is 3. The summed E-state index contributed by atoms with van der Waals surface area (Å²) >= 11 is 0. The number of pyridine rings is 1. The van der Waals surface area contributed by atoms with Gasteiger partial charge < -0.3 is 9.88 Å². The number of benzene rings is 2. The number of rotatable bonds is 1. The average Bonchev–Trinajstić information content (AvgIpc) is 3.23. The van der Waals surface area contributed by atoms with E-state index in [9.17, 15) is 4.79 Å². The van der Waals surface area contributed by atoms with Crippen LogP contribution < -0.4 is 10.2 Å². The number of para-hydroxylation sites is 1. The van der Waals surface area contributed by atoms with Crippen LogP contribution in [0.5, 0.6) is 0 Å². The smallest absolute Gasteiger partial charge is 0.326 e. The van der Waals surface area contributed by atoms with Gasteiger partial charge in [0, 0.05) is 47.5 Å². The van der Waals surface area contributed by atoms with Crippen molar-refractivity contribution in [2.24, 2.45) is 7.05 Å². The van der Waals surface area contributed by atoms with Crippen molar-refractivity contribution in [3.63, 3.8) is 0 Å². The summed E-state index contributed by atoms with van der Waals surface area (Å²) < 4.78 is 2.12. The molecule has 4 aromatic rings. The zero-order chi connectivity index (χ0) is 18.5. The van der Waals surface area contributed by atoms with Gasteiger partial charge >= 0.3 is 6.03 Å². The van der Waals surface area contributed by atoms with E-state index in [-0.39, 0.29) is 6.03 Å². The van der Waals surface area contributed by atoms with Gasteiger partial charge in [-0.15, -0.1) is 0 Å². The number of urea groups is 1. The second-order valence-corrected chi connectivity index (χ2v) is 7.13. The topological polar surface area (TPSA) is 50.2 Å². The largest absolute Gasteiger partial charge is 0.351 e. The lowest BCUT2D eigenvalue weighted by Gasteiger charge is -2.19. The molecule has 0 saturated heterocycles. The number of aryl methyl sites for hydroxylation is 2. The first kappa shape index (κ1) is 15.9. The number of nitrogens with zero attached hydrogens (tertiary/aromatic N) is 3. The number of hydrogen-bond donors (Lipinski definition) is 1. The first-order valence-electron chi connectivity index (χ1n) is 9.13. The van der Waals surface area contributed by atoms with Crippen LogP contribution in [0.3, 0.4) is 0 Å². The fraction of sp³-hybridized carbons (Fsp3) is 0.182. The zero-order valence-electron chi connectivity index (χ0n) is 15.4. The molecule has 1 N–H and O–H groups in total. The van der Waals surface area contributed by atoms with Crippen molar-refractivity contribution in [1.82, 2.24) is 9.55 Å². The summed E-state index contributed by atoms with van der Waals surface area (Å²) in [5.74, 6) is 0. The van der Waals surface area contributed by atoms with Crippen LogP contribution in [-0.4, -0.2) is 22.1 Å². The Balaban J connectivity index is 1.51. The van der Waals surface area contributed by atoms with E-state index in [2.05, 4.69) is 39.3 Å². The highest BCUT2D eigenvalue weighted by molar-refractivity contribution is 6.08. The van der Waals surface area contributed by atoms with Crippen molar-refractivity contribution in [2.75, 3.05) is 16.8 Å². The maximum Gasteiger partial charge on any atom is 0.326 e. The van der Waals surface area contributed by atoms with Crippen molar-refractivity contribution in [2.45, 2.75) is 13.3 Å². The van der Waals surface area contributed by atoms with Gasteiger partial charge in [-0.2, -0.15) is 0 Å². The quantitative estimate of drug-likeness (QED) is 0.541. The van der Waals surface area contributed by atoms with Crippen LogP contribution in [-0.2, 0) is 13.5 Å². The first-order chi connectivity index (χ1) is 13.1. The minimum absolute atomic E-state index is 0.0974. The van der Waals surface area contributed by atoms with Crippen molar-refractivity contribution in [3.05, 3.63) is 66.0 Å². The van der Waals surface area contributed by atoms with Gasteiger partial charge in [0.05, 0.1) is 11.2 Å². The lowest BCUT2D eigenvalue weighted by Crippen LogP contribution is -2.33. The van der Waals surface area contributed by atoms with E-state index in [4.69, 9.17) is 0 Å². The average molecular weight is 356 g/mol. The van der Waals surface area contributed by atoms with Crippen molar-refractivity contribution in [3.8, 4) is 0 Å². The molecule has 134 valence electrons. The molecular weight excluding hydrogens is 336 g/mol. The van der Waals surface area contributed by atoms with Gasteiger partial charge in [-0.25, -0.2) is 4.79 Å². The lowest BCUT2D eigenvalue weighted by atomic mass is 10.1. The van der Waals surface area contributed by atoms with Crippen molar-refractivity contribution < 1.29 is 4.79 Å². The van der Waals surface area contributed by atoms with E-state index in [0.717, 1.165) is 39.8 Å². The van der Waals surface area contributed by atoms with Gasteiger partial charge in [-0.1, -0.05) is 18.2 Å². The molecule has 2 amide bonds. The molecule has 0 aliphatic carbocycles. The molecule has 5 heteroatoms. The molecular formula is C22H20N4O. The molecule has 27 heavy (non-hydrogen) atoms. The SMILES string of the molecule is Cc1cc(NC(=O)N2CCc3cc4c(ccn4C)cc32)c2ccccc2n1. The number of carbonyl (C=O) groups excluding carboxylic acids is 1. The molecule has 5 rings (SSSR count). The number of amides is 2. The molecule has 1 aliphatic heterocycles. The summed E-state index contributed by atoms with van der Waals surface area (Å²) in [5.41, 5.74) is 6.00. The predicted octanol–water partition coefficient (Wildman–Crippen LogP) is 4.63. The normalized spacial score (nSPS) is 13.3. The van der Waals surface area contributed by atoms with E-state index in [1.165, 1.54) is 11.1 Å². The van der Waals surface area contributed by atoms with Crippen LogP contribution in [0.2, 0.25) is 0 Å². The van der Waals surface area contributed by atoms with Gasteiger partial charge in [0.2, 0.25) is 0 Å². The third-order valence-electron chi connectivity index (χ3n) is 5.31. The minimum atomic E-state index is -0.0974. The highest BCUT2D eigenvalue weighted by Crippen LogP contribution is 2.33. The summed E-state index contributed by atoms with van der Waals surface area (Å²) in [6.07, 6.45) is 2.93. The van der Waals surface area contributed by atoms with Gasteiger partial charge in [0.1, 0.15) is 0 Å². The van der Waals surface area contributed by atoms with Gasteiger partial charge in [-0.05, 0) is 49.2 Å². The fourth-order valence-corrected chi connectivity index (χ4v) is 3.96. The second kappa shape index (κ2) is 5.84. The van der Waals surface area contributed by atoms with Crippen LogP contribution in [0.1, 0.15) is 11.3 Å². The van der Waals surface area contributed by atoms with E-state index in [1.807, 2.05) is 49.2 Å². The van der Waals surface area contributed by atoms with E-state index < -0.39 is 0 Å². The van der Waals surface area contributed by atoms with E-state index >= 15 is 0 Å². The summed E-state index contributed by atoms with van der Waals surface area (Å²) in [7, 11) is 2.05. The maximum atomic E-state index is 13.1. The molecule has 0 unspecified atom stereocenters. The monoisotopic (exact) mass is 356 g/mol. The molecule has 0 spiro atoms. The molecule has 2 aromatic carbocycles. The van der Waals surface area contributed by atoms with Gasteiger partial charge in [0.15, 0.2) is 0 Å². The van der Waals surface area contributed by atoms with Crippen LogP contribution in [0.15, 0.2) is 54.7 Å². The highest BCUT2D eigenvalue weighted by atomic mass is 16.2. The standard InChI is InChI=1S/C22H20N4O/c1-14-11-19(17-5-3-4-6-18(17)23-14)24-22(27)26-10-8-16-12-20-15(13-21(16)26)7-9-25(20)2/h3-7,9,11-13H,8,10H2,1-2H3,(H,23,24,27). The number of aromatic nitrogens is 2. The van der Waals surface area contributed by atoms with Gasteiger partial charge in [0.25, 0.3) is 0 Å². The van der Waals surface area contributed by atoms with Crippen LogP contribution >= 0.6 is 0 Å². The maximum absolute atomic E-state index is 13.1.